The molecule has 0 aliphatic heterocycles. The molecule has 0 bridgehead atoms. The van der Waals surface area contributed by atoms with Crippen LogP contribution in [0, 0.1) is 17.0 Å². The van der Waals surface area contributed by atoms with Crippen molar-refractivity contribution in [1.82, 2.24) is 15.5 Å². The molecule has 104 valence electrons. The average Bonchev–Trinajstić information content (AvgIpc) is 3.13. The number of nitrogens with zero attached hydrogens (tertiary/aromatic N) is 3. The number of hydrogen-bond acceptors (Lipinski definition) is 6. The highest BCUT2D eigenvalue weighted by Crippen LogP contribution is 2.29. The van der Waals surface area contributed by atoms with E-state index < -0.39 is 4.92 Å². The number of benzene rings is 1. The maximum absolute atomic E-state index is 11.0. The predicted octanol–water partition coefficient (Wildman–Crippen LogP) is 2.21. The Kier molecular flexibility index (Phi) is 3.19. The van der Waals surface area contributed by atoms with Crippen LogP contribution in [0.3, 0.4) is 0 Å². The largest absolute Gasteiger partial charge is 0.419 e. The smallest absolute Gasteiger partial charge is 0.282 e. The highest BCUT2D eigenvalue weighted by molar-refractivity contribution is 5.67. The Hall–Kier alpha value is -2.28. The van der Waals surface area contributed by atoms with E-state index in [1.54, 1.807) is 12.1 Å². The number of aromatic nitrogens is 2. The molecular formula is C13H14N4O3. The lowest BCUT2D eigenvalue weighted by Gasteiger charge is -2.00. The maximum Gasteiger partial charge on any atom is 0.282 e. The summed E-state index contributed by atoms with van der Waals surface area (Å²) in [6.07, 6.45) is 2.34. The van der Waals surface area contributed by atoms with E-state index >= 15 is 0 Å². The second kappa shape index (κ2) is 5.01. The topological polar surface area (TPSA) is 94.1 Å². The van der Waals surface area contributed by atoms with Gasteiger partial charge in [-0.1, -0.05) is 6.07 Å². The first kappa shape index (κ1) is 12.7. The molecule has 0 atom stereocenters. The maximum atomic E-state index is 11.0. The van der Waals surface area contributed by atoms with Crippen molar-refractivity contribution in [2.75, 3.05) is 0 Å². The summed E-state index contributed by atoms with van der Waals surface area (Å²) in [5, 5.41) is 22.1. The van der Waals surface area contributed by atoms with E-state index in [0.717, 1.165) is 5.56 Å². The molecule has 1 aliphatic rings. The normalized spacial score (nSPS) is 14.4. The zero-order chi connectivity index (χ0) is 14.1. The molecule has 1 aromatic heterocycles. The molecule has 7 heteroatoms. The summed E-state index contributed by atoms with van der Waals surface area (Å²) in [6.45, 7) is 2.36. The van der Waals surface area contributed by atoms with Crippen molar-refractivity contribution >= 4 is 5.69 Å². The van der Waals surface area contributed by atoms with Crippen LogP contribution in [0.1, 0.15) is 24.3 Å². The lowest BCUT2D eigenvalue weighted by molar-refractivity contribution is -0.384. The van der Waals surface area contributed by atoms with Gasteiger partial charge in [0.2, 0.25) is 5.89 Å². The summed E-state index contributed by atoms with van der Waals surface area (Å²) in [5.41, 5.74) is 1.24. The van der Waals surface area contributed by atoms with Gasteiger partial charge in [-0.2, -0.15) is 0 Å². The molecule has 0 unspecified atom stereocenters. The third kappa shape index (κ3) is 2.67. The summed E-state index contributed by atoms with van der Waals surface area (Å²) in [4.78, 5) is 10.6. The van der Waals surface area contributed by atoms with Crippen molar-refractivity contribution in [2.45, 2.75) is 32.4 Å². The molecule has 1 aromatic carbocycles. The Morgan fingerprint density at radius 1 is 1.45 bits per heavy atom. The molecule has 3 rings (SSSR count). The summed E-state index contributed by atoms with van der Waals surface area (Å²) in [6, 6.07) is 5.37. The highest BCUT2D eigenvalue weighted by Gasteiger charge is 2.23. The van der Waals surface area contributed by atoms with E-state index in [9.17, 15) is 10.1 Å². The van der Waals surface area contributed by atoms with Crippen LogP contribution in [0.15, 0.2) is 22.6 Å². The fourth-order valence-corrected chi connectivity index (χ4v) is 1.93. The standard InChI is InChI=1S/C13H14N4O3/c1-8-2-5-11(17(18)19)10(6-8)13-16-15-12(20-13)7-14-9-3-4-9/h2,5-6,9,14H,3-4,7H2,1H3. The molecule has 1 saturated carbocycles. The second-order valence-corrected chi connectivity index (χ2v) is 4.93. The Bertz CT molecular complexity index is 649. The van der Waals surface area contributed by atoms with E-state index in [-0.39, 0.29) is 11.6 Å². The van der Waals surface area contributed by atoms with Crippen LogP contribution in [0.4, 0.5) is 5.69 Å². The number of aryl methyl sites for hydroxylation is 1. The summed E-state index contributed by atoms with van der Waals surface area (Å²) < 4.78 is 5.50. The Morgan fingerprint density at radius 3 is 2.95 bits per heavy atom. The fraction of sp³-hybridized carbons (Fsp3) is 0.385. The van der Waals surface area contributed by atoms with Gasteiger partial charge in [0.05, 0.1) is 11.5 Å². The van der Waals surface area contributed by atoms with Crippen LogP contribution in [0.5, 0.6) is 0 Å². The fourth-order valence-electron chi connectivity index (χ4n) is 1.93. The first-order chi connectivity index (χ1) is 9.63. The van der Waals surface area contributed by atoms with E-state index in [2.05, 4.69) is 15.5 Å². The van der Waals surface area contributed by atoms with Crippen LogP contribution in [0.25, 0.3) is 11.5 Å². The monoisotopic (exact) mass is 274 g/mol. The van der Waals surface area contributed by atoms with Gasteiger partial charge in [0, 0.05) is 12.1 Å². The zero-order valence-corrected chi connectivity index (χ0v) is 11.0. The number of nitrogens with one attached hydrogen (secondary N) is 1. The molecule has 0 saturated heterocycles. The van der Waals surface area contributed by atoms with Gasteiger partial charge in [-0.3, -0.25) is 10.1 Å². The minimum absolute atomic E-state index is 0.0269. The first-order valence-electron chi connectivity index (χ1n) is 6.44. The van der Waals surface area contributed by atoms with Crippen molar-refractivity contribution in [3.63, 3.8) is 0 Å². The van der Waals surface area contributed by atoms with Crippen LogP contribution in [-0.4, -0.2) is 21.2 Å². The van der Waals surface area contributed by atoms with Gasteiger partial charge in [-0.05, 0) is 31.4 Å². The quantitative estimate of drug-likeness (QED) is 0.663. The lowest BCUT2D eigenvalue weighted by atomic mass is 10.1. The third-order valence-electron chi connectivity index (χ3n) is 3.17. The molecule has 0 radical (unpaired) electrons. The predicted molar refractivity (Wildman–Crippen MR) is 71.0 cm³/mol. The first-order valence-corrected chi connectivity index (χ1v) is 6.44. The van der Waals surface area contributed by atoms with Crippen LogP contribution < -0.4 is 5.32 Å². The Balaban J connectivity index is 1.87. The van der Waals surface area contributed by atoms with Gasteiger partial charge in [-0.25, -0.2) is 0 Å². The molecule has 1 aliphatic carbocycles. The van der Waals surface area contributed by atoms with Crippen molar-refractivity contribution < 1.29 is 9.34 Å². The molecular weight excluding hydrogens is 260 g/mol. The van der Waals surface area contributed by atoms with Crippen LogP contribution in [0.2, 0.25) is 0 Å². The van der Waals surface area contributed by atoms with Crippen molar-refractivity contribution in [3.8, 4) is 11.5 Å². The second-order valence-electron chi connectivity index (χ2n) is 4.93. The summed E-state index contributed by atoms with van der Waals surface area (Å²) >= 11 is 0. The van der Waals surface area contributed by atoms with Gasteiger partial charge in [0.15, 0.2) is 0 Å². The lowest BCUT2D eigenvalue weighted by Crippen LogP contribution is -2.15. The SMILES string of the molecule is Cc1ccc([N+](=O)[O-])c(-c2nnc(CNC3CC3)o2)c1. The summed E-state index contributed by atoms with van der Waals surface area (Å²) in [5.74, 6) is 0.635. The van der Waals surface area contributed by atoms with E-state index in [1.807, 2.05) is 6.92 Å². The van der Waals surface area contributed by atoms with Crippen molar-refractivity contribution in [2.24, 2.45) is 0 Å². The van der Waals surface area contributed by atoms with E-state index in [1.165, 1.54) is 18.9 Å². The number of hydrogen-bond donors (Lipinski definition) is 1. The van der Waals surface area contributed by atoms with Gasteiger partial charge < -0.3 is 9.73 Å². The molecule has 0 spiro atoms. The molecule has 1 N–H and O–H groups in total. The van der Waals surface area contributed by atoms with Crippen molar-refractivity contribution in [3.05, 3.63) is 39.8 Å². The molecule has 20 heavy (non-hydrogen) atoms. The number of nitro benzene ring substituents is 1. The Labute approximate surface area is 115 Å². The third-order valence-corrected chi connectivity index (χ3v) is 3.17. The summed E-state index contributed by atoms with van der Waals surface area (Å²) in [7, 11) is 0. The van der Waals surface area contributed by atoms with Crippen LogP contribution in [-0.2, 0) is 6.54 Å². The molecule has 1 fully saturated rings. The Morgan fingerprint density at radius 2 is 2.25 bits per heavy atom. The van der Waals surface area contributed by atoms with E-state index in [0.29, 0.717) is 24.0 Å². The molecule has 7 nitrogen and oxygen atoms in total. The average molecular weight is 274 g/mol. The number of nitro groups is 1. The molecule has 0 amide bonds. The minimum Gasteiger partial charge on any atom is -0.419 e. The van der Waals surface area contributed by atoms with Gasteiger partial charge in [0.1, 0.15) is 5.56 Å². The van der Waals surface area contributed by atoms with Crippen molar-refractivity contribution in [1.29, 1.82) is 0 Å². The minimum atomic E-state index is -0.443. The van der Waals surface area contributed by atoms with Gasteiger partial charge in [-0.15, -0.1) is 10.2 Å². The van der Waals surface area contributed by atoms with E-state index in [4.69, 9.17) is 4.42 Å². The molecule has 2 aromatic rings. The highest BCUT2D eigenvalue weighted by atomic mass is 16.6. The molecule has 1 heterocycles. The number of rotatable bonds is 5. The van der Waals surface area contributed by atoms with Gasteiger partial charge >= 0.3 is 0 Å². The van der Waals surface area contributed by atoms with Crippen LogP contribution >= 0.6 is 0 Å². The zero-order valence-electron chi connectivity index (χ0n) is 11.0. The van der Waals surface area contributed by atoms with Gasteiger partial charge in [0.25, 0.3) is 11.6 Å².